The molecule has 20 heavy (non-hydrogen) atoms. The van der Waals surface area contributed by atoms with Gasteiger partial charge in [0.25, 0.3) is 0 Å². The number of rotatable bonds is 4. The number of H-pyrrole nitrogens is 1. The number of nitrogens with one attached hydrogen (secondary N) is 1. The van der Waals surface area contributed by atoms with Crippen LogP contribution in [0.15, 0.2) is 42.1 Å². The van der Waals surface area contributed by atoms with E-state index in [2.05, 4.69) is 10.2 Å². The van der Waals surface area contributed by atoms with Crippen molar-refractivity contribution in [3.8, 4) is 17.3 Å². The van der Waals surface area contributed by atoms with Crippen molar-refractivity contribution in [3.05, 3.63) is 47.7 Å². The van der Waals surface area contributed by atoms with Gasteiger partial charge in [0.15, 0.2) is 0 Å². The van der Waals surface area contributed by atoms with Gasteiger partial charge in [-0.15, -0.1) is 0 Å². The Bertz CT molecular complexity index is 666. The van der Waals surface area contributed by atoms with Crippen LogP contribution in [-0.2, 0) is 9.53 Å². The maximum Gasteiger partial charge on any atom is 0.348 e. The molecular weight excluding hydrogens is 254 g/mol. The van der Waals surface area contributed by atoms with E-state index >= 15 is 0 Å². The van der Waals surface area contributed by atoms with Gasteiger partial charge >= 0.3 is 5.97 Å². The third-order valence-electron chi connectivity index (χ3n) is 2.65. The average Bonchev–Trinajstić information content (AvgIpc) is 2.94. The van der Waals surface area contributed by atoms with Crippen LogP contribution in [0.2, 0.25) is 0 Å². The van der Waals surface area contributed by atoms with Gasteiger partial charge in [-0.25, -0.2) is 4.79 Å². The van der Waals surface area contributed by atoms with Gasteiger partial charge in [-0.3, -0.25) is 5.10 Å². The summed E-state index contributed by atoms with van der Waals surface area (Å²) < 4.78 is 4.83. The van der Waals surface area contributed by atoms with Gasteiger partial charge < -0.3 is 4.74 Å². The van der Waals surface area contributed by atoms with Crippen LogP contribution in [0.3, 0.4) is 0 Å². The Kier molecular flexibility index (Phi) is 4.30. The standard InChI is InChI=1S/C15H13N3O2/c1-2-20-15(19)12(9-16)8-13-10-17-18-14(13)11-6-4-3-5-7-11/h3-8,10H,2H2,1H3,(H,17,18)/b12-8-. The number of ether oxygens (including phenoxy) is 1. The van der Waals surface area contributed by atoms with Crippen LogP contribution in [0, 0.1) is 11.3 Å². The second kappa shape index (κ2) is 6.34. The molecule has 0 bridgehead atoms. The molecule has 0 saturated carbocycles. The van der Waals surface area contributed by atoms with Crippen LogP contribution >= 0.6 is 0 Å². The topological polar surface area (TPSA) is 78.8 Å². The van der Waals surface area contributed by atoms with E-state index in [0.717, 1.165) is 11.3 Å². The Morgan fingerprint density at radius 1 is 1.45 bits per heavy atom. The van der Waals surface area contributed by atoms with Crippen molar-refractivity contribution in [3.63, 3.8) is 0 Å². The van der Waals surface area contributed by atoms with Crippen LogP contribution in [0.25, 0.3) is 17.3 Å². The summed E-state index contributed by atoms with van der Waals surface area (Å²) in [4.78, 5) is 11.6. The SMILES string of the molecule is CCOC(=O)/C(C#N)=C\c1cn[nH]c1-c1ccccc1. The van der Waals surface area contributed by atoms with Crippen molar-refractivity contribution in [2.24, 2.45) is 0 Å². The lowest BCUT2D eigenvalue weighted by Crippen LogP contribution is -2.06. The van der Waals surface area contributed by atoms with Crippen molar-refractivity contribution in [1.82, 2.24) is 10.2 Å². The van der Waals surface area contributed by atoms with Crippen molar-refractivity contribution < 1.29 is 9.53 Å². The van der Waals surface area contributed by atoms with Gasteiger partial charge in [0.05, 0.1) is 18.5 Å². The molecule has 0 saturated heterocycles. The number of hydrogen-bond acceptors (Lipinski definition) is 4. The maximum absolute atomic E-state index is 11.6. The zero-order chi connectivity index (χ0) is 14.4. The molecule has 5 heteroatoms. The molecule has 1 aromatic heterocycles. The summed E-state index contributed by atoms with van der Waals surface area (Å²) in [6.07, 6.45) is 3.04. The van der Waals surface area contributed by atoms with E-state index in [4.69, 9.17) is 10.00 Å². The first kappa shape index (κ1) is 13.6. The summed E-state index contributed by atoms with van der Waals surface area (Å²) in [5.74, 6) is -0.629. The Hall–Kier alpha value is -2.87. The number of esters is 1. The Morgan fingerprint density at radius 3 is 2.85 bits per heavy atom. The quantitative estimate of drug-likeness (QED) is 0.524. The van der Waals surface area contributed by atoms with Crippen molar-refractivity contribution in [2.45, 2.75) is 6.92 Å². The summed E-state index contributed by atoms with van der Waals surface area (Å²) in [6, 6.07) is 11.4. The molecule has 2 aromatic rings. The molecule has 0 unspecified atom stereocenters. The smallest absolute Gasteiger partial charge is 0.348 e. The van der Waals surface area contributed by atoms with Crippen molar-refractivity contribution in [1.29, 1.82) is 5.26 Å². The van der Waals surface area contributed by atoms with Crippen LogP contribution in [0.4, 0.5) is 0 Å². The molecule has 0 amide bonds. The zero-order valence-corrected chi connectivity index (χ0v) is 11.0. The number of hydrogen-bond donors (Lipinski definition) is 1. The first-order valence-electron chi connectivity index (χ1n) is 6.14. The monoisotopic (exact) mass is 267 g/mol. The minimum absolute atomic E-state index is 0.0505. The number of carbonyl (C=O) groups is 1. The van der Waals surface area contributed by atoms with Crippen LogP contribution in [0.1, 0.15) is 12.5 Å². The summed E-state index contributed by atoms with van der Waals surface area (Å²) in [6.45, 7) is 1.93. The Morgan fingerprint density at radius 2 is 2.20 bits per heavy atom. The number of aromatic nitrogens is 2. The lowest BCUT2D eigenvalue weighted by Gasteiger charge is -2.01. The fourth-order valence-corrected chi connectivity index (χ4v) is 1.74. The average molecular weight is 267 g/mol. The predicted octanol–water partition coefficient (Wildman–Crippen LogP) is 2.55. The largest absolute Gasteiger partial charge is 0.462 e. The molecule has 0 fully saturated rings. The summed E-state index contributed by atoms with van der Waals surface area (Å²) in [5.41, 5.74) is 2.30. The second-order valence-electron chi connectivity index (χ2n) is 3.96. The predicted molar refractivity (Wildman–Crippen MR) is 74.2 cm³/mol. The molecule has 0 aliphatic heterocycles. The fourth-order valence-electron chi connectivity index (χ4n) is 1.74. The molecule has 0 radical (unpaired) electrons. The van der Waals surface area contributed by atoms with Crippen LogP contribution in [-0.4, -0.2) is 22.8 Å². The molecule has 1 N–H and O–H groups in total. The highest BCUT2D eigenvalue weighted by molar-refractivity contribution is 5.98. The Labute approximate surface area is 116 Å². The molecule has 0 aliphatic rings. The Balaban J connectivity index is 2.38. The number of carbonyl (C=O) groups excluding carboxylic acids is 1. The van der Waals surface area contributed by atoms with E-state index < -0.39 is 5.97 Å². The van der Waals surface area contributed by atoms with Gasteiger partial charge in [-0.2, -0.15) is 10.4 Å². The van der Waals surface area contributed by atoms with E-state index in [9.17, 15) is 4.79 Å². The molecule has 100 valence electrons. The normalized spacial score (nSPS) is 10.9. The van der Waals surface area contributed by atoms with E-state index in [0.29, 0.717) is 5.56 Å². The lowest BCUT2D eigenvalue weighted by atomic mass is 10.1. The highest BCUT2D eigenvalue weighted by Gasteiger charge is 2.12. The number of benzene rings is 1. The number of aromatic amines is 1. The van der Waals surface area contributed by atoms with Crippen LogP contribution in [0.5, 0.6) is 0 Å². The van der Waals surface area contributed by atoms with E-state index in [1.54, 1.807) is 13.1 Å². The third-order valence-corrected chi connectivity index (χ3v) is 2.65. The number of nitriles is 1. The minimum atomic E-state index is -0.629. The zero-order valence-electron chi connectivity index (χ0n) is 11.0. The summed E-state index contributed by atoms with van der Waals surface area (Å²) >= 11 is 0. The molecule has 1 heterocycles. The van der Waals surface area contributed by atoms with Gasteiger partial charge in [-0.05, 0) is 13.0 Å². The molecule has 0 spiro atoms. The molecule has 1 aromatic carbocycles. The van der Waals surface area contributed by atoms with E-state index in [-0.39, 0.29) is 12.2 Å². The lowest BCUT2D eigenvalue weighted by molar-refractivity contribution is -0.137. The fraction of sp³-hybridized carbons (Fsp3) is 0.133. The first-order valence-corrected chi connectivity index (χ1v) is 6.14. The molecular formula is C15H13N3O2. The third kappa shape index (κ3) is 2.93. The van der Waals surface area contributed by atoms with E-state index in [1.165, 1.54) is 6.08 Å². The van der Waals surface area contributed by atoms with Gasteiger partial charge in [0, 0.05) is 11.1 Å². The first-order chi connectivity index (χ1) is 9.76. The van der Waals surface area contributed by atoms with Crippen LogP contribution < -0.4 is 0 Å². The van der Waals surface area contributed by atoms with Crippen molar-refractivity contribution >= 4 is 12.0 Å². The van der Waals surface area contributed by atoms with E-state index in [1.807, 2.05) is 36.4 Å². The second-order valence-corrected chi connectivity index (χ2v) is 3.96. The minimum Gasteiger partial charge on any atom is -0.462 e. The summed E-state index contributed by atoms with van der Waals surface area (Å²) in [5, 5.41) is 15.9. The summed E-state index contributed by atoms with van der Waals surface area (Å²) in [7, 11) is 0. The maximum atomic E-state index is 11.6. The molecule has 0 atom stereocenters. The van der Waals surface area contributed by atoms with Gasteiger partial charge in [-0.1, -0.05) is 30.3 Å². The highest BCUT2D eigenvalue weighted by atomic mass is 16.5. The molecule has 5 nitrogen and oxygen atoms in total. The molecule has 0 aliphatic carbocycles. The van der Waals surface area contributed by atoms with Crippen molar-refractivity contribution in [2.75, 3.05) is 6.61 Å². The van der Waals surface area contributed by atoms with Gasteiger partial charge in [0.1, 0.15) is 11.6 Å². The highest BCUT2D eigenvalue weighted by Crippen LogP contribution is 2.22. The molecule has 2 rings (SSSR count). The van der Waals surface area contributed by atoms with Gasteiger partial charge in [0.2, 0.25) is 0 Å². The number of nitrogens with zero attached hydrogens (tertiary/aromatic N) is 2.